The number of aryl methyl sites for hydroxylation is 1. The zero-order chi connectivity index (χ0) is 18.1. The van der Waals surface area contributed by atoms with Crippen LogP contribution in [0, 0.1) is 12.8 Å². The van der Waals surface area contributed by atoms with Crippen LogP contribution >= 0.6 is 0 Å². The smallest absolute Gasteiger partial charge is 0.248 e. The monoisotopic (exact) mass is 347 g/mol. The van der Waals surface area contributed by atoms with Gasteiger partial charge in [-0.15, -0.1) is 0 Å². The molecule has 0 unspecified atom stereocenters. The Labute approximate surface area is 154 Å². The third-order valence-electron chi connectivity index (χ3n) is 5.48. The van der Waals surface area contributed by atoms with Gasteiger partial charge < -0.3 is 10.7 Å². The van der Waals surface area contributed by atoms with E-state index in [-0.39, 0.29) is 5.91 Å². The van der Waals surface area contributed by atoms with Crippen LogP contribution in [0.1, 0.15) is 34.5 Å². The maximum atomic E-state index is 11.4. The van der Waals surface area contributed by atoms with Gasteiger partial charge >= 0.3 is 0 Å². The molecule has 4 rings (SSSR count). The second kappa shape index (κ2) is 6.87. The van der Waals surface area contributed by atoms with Crippen LogP contribution in [0.2, 0.25) is 0 Å². The second-order valence-corrected chi connectivity index (χ2v) is 7.32. The average Bonchev–Trinajstić information content (AvgIpc) is 2.98. The number of rotatable bonds is 4. The van der Waals surface area contributed by atoms with Gasteiger partial charge in [0.2, 0.25) is 5.91 Å². The van der Waals surface area contributed by atoms with Gasteiger partial charge in [0.05, 0.1) is 5.52 Å². The van der Waals surface area contributed by atoms with Gasteiger partial charge in [-0.1, -0.05) is 30.3 Å². The Morgan fingerprint density at radius 2 is 1.81 bits per heavy atom. The molecule has 1 aliphatic heterocycles. The third kappa shape index (κ3) is 3.19. The highest BCUT2D eigenvalue weighted by atomic mass is 16.1. The molecule has 0 saturated carbocycles. The summed E-state index contributed by atoms with van der Waals surface area (Å²) >= 11 is 0. The summed E-state index contributed by atoms with van der Waals surface area (Å²) in [6, 6.07) is 18.6. The maximum Gasteiger partial charge on any atom is 0.248 e. The predicted octanol–water partition coefficient (Wildman–Crippen LogP) is 3.64. The highest BCUT2D eigenvalue weighted by Crippen LogP contribution is 2.26. The van der Waals surface area contributed by atoms with E-state index in [0.717, 1.165) is 29.9 Å². The van der Waals surface area contributed by atoms with Crippen molar-refractivity contribution in [2.24, 2.45) is 11.7 Å². The summed E-state index contributed by atoms with van der Waals surface area (Å²) in [7, 11) is 0. The number of carbonyl (C=O) groups excluding carboxylic acids is 1. The number of fused-ring (bicyclic) bond motifs is 1. The highest BCUT2D eigenvalue weighted by Gasteiger charge is 2.22. The first kappa shape index (κ1) is 16.7. The molecule has 0 spiro atoms. The van der Waals surface area contributed by atoms with Gasteiger partial charge in [-0.3, -0.25) is 9.47 Å². The maximum absolute atomic E-state index is 11.4. The van der Waals surface area contributed by atoms with Gasteiger partial charge in [0, 0.05) is 29.7 Å². The summed E-state index contributed by atoms with van der Waals surface area (Å²) in [5.74, 6) is 0.372. The molecule has 3 aromatic rings. The number of piperidine rings is 1. The molecular formula is C22H25N3O. The van der Waals surface area contributed by atoms with Crippen LogP contribution < -0.4 is 10.7 Å². The van der Waals surface area contributed by atoms with Crippen LogP contribution in [-0.4, -0.2) is 23.7 Å². The van der Waals surface area contributed by atoms with E-state index in [4.69, 9.17) is 5.73 Å². The van der Waals surface area contributed by atoms with Gasteiger partial charge in [0.1, 0.15) is 0 Å². The van der Waals surface area contributed by atoms with Crippen LogP contribution in [0.3, 0.4) is 0 Å². The molecule has 1 amide bonds. The lowest BCUT2D eigenvalue weighted by atomic mass is 9.91. The summed E-state index contributed by atoms with van der Waals surface area (Å²) in [5, 5.41) is 3.51. The summed E-state index contributed by atoms with van der Waals surface area (Å²) in [6.07, 6.45) is 3.57. The molecule has 4 heteroatoms. The lowest BCUT2D eigenvalue weighted by Gasteiger charge is -2.35. The number of primary amides is 1. The molecule has 4 nitrogen and oxygen atoms in total. The lowest BCUT2D eigenvalue weighted by Crippen LogP contribution is -2.42. The normalized spacial score (nSPS) is 15.5. The molecule has 2 N–H and O–H groups in total. The highest BCUT2D eigenvalue weighted by molar-refractivity contribution is 5.97. The van der Waals surface area contributed by atoms with E-state index < -0.39 is 0 Å². The van der Waals surface area contributed by atoms with Crippen LogP contribution in [0.5, 0.6) is 0 Å². The minimum Gasteiger partial charge on any atom is -0.366 e. The average molecular weight is 347 g/mol. The summed E-state index contributed by atoms with van der Waals surface area (Å²) in [4.78, 5) is 11.4. The third-order valence-corrected chi connectivity index (χ3v) is 5.48. The van der Waals surface area contributed by atoms with Crippen LogP contribution in [0.25, 0.3) is 10.9 Å². The van der Waals surface area contributed by atoms with Crippen molar-refractivity contribution in [1.82, 2.24) is 4.68 Å². The van der Waals surface area contributed by atoms with Crippen molar-refractivity contribution in [3.8, 4) is 0 Å². The molecule has 0 atom stereocenters. The van der Waals surface area contributed by atoms with E-state index in [1.165, 1.54) is 30.5 Å². The number of hydrogen-bond donors (Lipinski definition) is 1. The predicted molar refractivity (Wildman–Crippen MR) is 106 cm³/mol. The Morgan fingerprint density at radius 3 is 2.50 bits per heavy atom. The topological polar surface area (TPSA) is 51.3 Å². The van der Waals surface area contributed by atoms with E-state index >= 15 is 0 Å². The molecular weight excluding hydrogens is 322 g/mol. The van der Waals surface area contributed by atoms with E-state index in [0.29, 0.717) is 5.56 Å². The number of nitrogens with two attached hydrogens (primary N) is 1. The molecule has 26 heavy (non-hydrogen) atoms. The fraction of sp³-hybridized carbons (Fsp3) is 0.318. The molecule has 1 saturated heterocycles. The standard InChI is InChI=1S/C22H25N3O/c1-16-13-20-15-19(22(23)26)7-8-21(20)25(16)24-11-9-18(10-12-24)14-17-5-3-2-4-6-17/h2-8,13,15,18H,9-12,14H2,1H3,(H2,23,26). The Hall–Kier alpha value is -2.75. The van der Waals surface area contributed by atoms with Gasteiger partial charge in [0.25, 0.3) is 0 Å². The largest absolute Gasteiger partial charge is 0.366 e. The molecule has 0 aliphatic carbocycles. The van der Waals surface area contributed by atoms with Crippen molar-refractivity contribution >= 4 is 16.8 Å². The number of nitrogens with zero attached hydrogens (tertiary/aromatic N) is 2. The van der Waals surface area contributed by atoms with Crippen molar-refractivity contribution in [3.63, 3.8) is 0 Å². The molecule has 1 aliphatic rings. The number of aromatic nitrogens is 1. The Balaban J connectivity index is 1.50. The SMILES string of the molecule is Cc1cc2cc(C(N)=O)ccc2n1N1CCC(Cc2ccccc2)CC1. The minimum absolute atomic E-state index is 0.376. The number of amides is 1. The van der Waals surface area contributed by atoms with E-state index in [1.54, 1.807) is 0 Å². The van der Waals surface area contributed by atoms with E-state index in [9.17, 15) is 4.79 Å². The van der Waals surface area contributed by atoms with E-state index in [1.807, 2.05) is 18.2 Å². The quantitative estimate of drug-likeness (QED) is 0.783. The molecule has 134 valence electrons. The number of benzene rings is 2. The molecule has 2 aromatic carbocycles. The van der Waals surface area contributed by atoms with Crippen molar-refractivity contribution < 1.29 is 4.79 Å². The van der Waals surface area contributed by atoms with E-state index in [2.05, 4.69) is 53.0 Å². The van der Waals surface area contributed by atoms with Crippen molar-refractivity contribution in [2.75, 3.05) is 18.1 Å². The first-order chi connectivity index (χ1) is 12.6. The van der Waals surface area contributed by atoms with Gasteiger partial charge in [0.15, 0.2) is 0 Å². The number of carbonyl (C=O) groups is 1. The minimum atomic E-state index is -0.376. The first-order valence-electron chi connectivity index (χ1n) is 9.33. The molecule has 0 bridgehead atoms. The Morgan fingerprint density at radius 1 is 1.08 bits per heavy atom. The lowest BCUT2D eigenvalue weighted by molar-refractivity contribution is 0.100. The Bertz CT molecular complexity index is 921. The first-order valence-corrected chi connectivity index (χ1v) is 9.33. The summed E-state index contributed by atoms with van der Waals surface area (Å²) in [5.41, 5.74) is 9.76. The van der Waals surface area contributed by atoms with Crippen molar-refractivity contribution in [1.29, 1.82) is 0 Å². The van der Waals surface area contributed by atoms with Crippen LogP contribution in [-0.2, 0) is 6.42 Å². The van der Waals surface area contributed by atoms with Crippen LogP contribution in [0.15, 0.2) is 54.6 Å². The van der Waals surface area contributed by atoms with Gasteiger partial charge in [-0.2, -0.15) is 0 Å². The molecule has 2 heterocycles. The van der Waals surface area contributed by atoms with Crippen molar-refractivity contribution in [2.45, 2.75) is 26.2 Å². The Kier molecular flexibility index (Phi) is 4.41. The zero-order valence-corrected chi connectivity index (χ0v) is 15.2. The molecule has 1 fully saturated rings. The number of hydrogen-bond acceptors (Lipinski definition) is 2. The van der Waals surface area contributed by atoms with Crippen LogP contribution in [0.4, 0.5) is 0 Å². The summed E-state index contributed by atoms with van der Waals surface area (Å²) < 4.78 is 2.30. The summed E-state index contributed by atoms with van der Waals surface area (Å²) in [6.45, 7) is 4.24. The molecule has 1 aromatic heterocycles. The zero-order valence-electron chi connectivity index (χ0n) is 15.2. The van der Waals surface area contributed by atoms with Gasteiger partial charge in [-0.25, -0.2) is 0 Å². The van der Waals surface area contributed by atoms with Gasteiger partial charge in [-0.05, 0) is 61.9 Å². The fourth-order valence-corrected chi connectivity index (χ4v) is 4.14. The second-order valence-electron chi connectivity index (χ2n) is 7.32. The van der Waals surface area contributed by atoms with Crippen molar-refractivity contribution in [3.05, 3.63) is 71.4 Å². The molecule has 0 radical (unpaired) electrons. The fourth-order valence-electron chi connectivity index (χ4n) is 4.14.